The largest absolute Gasteiger partial charge is 0.481 e. The Hall–Kier alpha value is -3.64. The van der Waals surface area contributed by atoms with Crippen molar-refractivity contribution in [3.05, 3.63) is 71.4 Å². The number of methoxy groups -OCH3 is 2. The van der Waals surface area contributed by atoms with E-state index in [1.54, 1.807) is 26.8 Å². The number of carbonyl (C=O) groups excluding carboxylic acids is 2. The van der Waals surface area contributed by atoms with Crippen LogP contribution in [0.3, 0.4) is 0 Å². The van der Waals surface area contributed by atoms with Crippen LogP contribution in [0.2, 0.25) is 0 Å². The van der Waals surface area contributed by atoms with Gasteiger partial charge in [-0.25, -0.2) is 14.6 Å². The van der Waals surface area contributed by atoms with Crippen molar-refractivity contribution in [2.45, 2.75) is 77.1 Å². The van der Waals surface area contributed by atoms with E-state index in [2.05, 4.69) is 11.6 Å². The van der Waals surface area contributed by atoms with Crippen molar-refractivity contribution >= 4 is 12.1 Å². The molecule has 1 amide bonds. The summed E-state index contributed by atoms with van der Waals surface area (Å²) >= 11 is 0. The second-order valence-electron chi connectivity index (χ2n) is 11.2. The maximum Gasteiger partial charge on any atom is 0.417 e. The number of likely N-dealkylation sites (tertiary alicyclic amines) is 1. The summed E-state index contributed by atoms with van der Waals surface area (Å²) in [4.78, 5) is 32.7. The molecule has 1 aliphatic rings. The van der Waals surface area contributed by atoms with Crippen molar-refractivity contribution in [2.24, 2.45) is 5.92 Å². The summed E-state index contributed by atoms with van der Waals surface area (Å²) in [7, 11) is 2.76. The van der Waals surface area contributed by atoms with E-state index in [4.69, 9.17) is 23.7 Å². The zero-order valence-electron chi connectivity index (χ0n) is 26.1. The minimum absolute atomic E-state index is 0.00110. The number of carbonyl (C=O) groups is 2. The molecule has 44 heavy (non-hydrogen) atoms. The topological polar surface area (TPSA) is 96.4 Å². The molecule has 1 fully saturated rings. The zero-order chi connectivity index (χ0) is 32.8. The summed E-state index contributed by atoms with van der Waals surface area (Å²) in [5.41, 5.74) is -0.479. The van der Waals surface area contributed by atoms with Gasteiger partial charge in [0.2, 0.25) is 5.88 Å². The third-order valence-electron chi connectivity index (χ3n) is 7.81. The van der Waals surface area contributed by atoms with Crippen LogP contribution in [0.4, 0.5) is 18.0 Å². The average molecular weight is 623 g/mol. The van der Waals surface area contributed by atoms with Gasteiger partial charge < -0.3 is 23.7 Å². The van der Waals surface area contributed by atoms with Crippen LogP contribution in [-0.2, 0) is 36.5 Å². The molecule has 0 unspecified atom stereocenters. The summed E-state index contributed by atoms with van der Waals surface area (Å²) in [5.74, 6) is -1.62. The van der Waals surface area contributed by atoms with Crippen molar-refractivity contribution in [3.63, 3.8) is 0 Å². The first kappa shape index (κ1) is 34.8. The number of rotatable bonds is 12. The highest BCUT2D eigenvalue weighted by atomic mass is 19.4. The second kappa shape index (κ2) is 14.4. The minimum atomic E-state index is -4.65. The standard InChI is InChI=1S/C32H41F3N2O7/c1-9-15-43-30(39)37-25(23-14-12-11-13-22(23)19(3)4)27(24(31(5,6)41-8)26(37)29(38)42-10-2)44-18-20-16-21(32(33,34)35)17-36-28(20)40-7/h9,11-14,16-17,19,24-27H,1,10,15,18H2,2-8H3/t24-,25+,26+,27+/m1/s1. The first-order chi connectivity index (χ1) is 20.7. The lowest BCUT2D eigenvalue weighted by molar-refractivity contribution is -0.156. The van der Waals surface area contributed by atoms with Crippen LogP contribution >= 0.6 is 0 Å². The minimum Gasteiger partial charge on any atom is -0.481 e. The molecular weight excluding hydrogens is 581 g/mol. The van der Waals surface area contributed by atoms with Crippen LogP contribution in [0.1, 0.15) is 68.8 Å². The Morgan fingerprint density at radius 2 is 1.82 bits per heavy atom. The predicted octanol–water partition coefficient (Wildman–Crippen LogP) is 6.47. The van der Waals surface area contributed by atoms with Gasteiger partial charge in [-0.05, 0) is 43.9 Å². The van der Waals surface area contributed by atoms with Gasteiger partial charge in [0.05, 0.1) is 43.6 Å². The molecule has 2 heterocycles. The van der Waals surface area contributed by atoms with Gasteiger partial charge in [-0.2, -0.15) is 13.2 Å². The van der Waals surface area contributed by atoms with Crippen LogP contribution in [0.15, 0.2) is 49.2 Å². The Morgan fingerprint density at radius 1 is 1.14 bits per heavy atom. The monoisotopic (exact) mass is 622 g/mol. The molecule has 9 nitrogen and oxygen atoms in total. The third-order valence-corrected chi connectivity index (χ3v) is 7.81. The number of alkyl halides is 3. The average Bonchev–Trinajstić information content (AvgIpc) is 3.34. The molecule has 0 saturated carbocycles. The second-order valence-corrected chi connectivity index (χ2v) is 11.2. The lowest BCUT2D eigenvalue weighted by Gasteiger charge is -2.37. The molecule has 1 aromatic heterocycles. The fourth-order valence-electron chi connectivity index (χ4n) is 5.67. The van der Waals surface area contributed by atoms with E-state index in [1.165, 1.54) is 25.2 Å². The van der Waals surface area contributed by atoms with Gasteiger partial charge in [-0.1, -0.05) is 50.8 Å². The number of hydrogen-bond acceptors (Lipinski definition) is 8. The van der Waals surface area contributed by atoms with E-state index < -0.39 is 53.5 Å². The van der Waals surface area contributed by atoms with E-state index in [-0.39, 0.29) is 37.2 Å². The highest BCUT2D eigenvalue weighted by Crippen LogP contribution is 2.50. The molecule has 0 aliphatic carbocycles. The number of esters is 1. The molecule has 2 aromatic rings. The molecule has 12 heteroatoms. The molecule has 242 valence electrons. The van der Waals surface area contributed by atoms with E-state index >= 15 is 0 Å². The van der Waals surface area contributed by atoms with Crippen molar-refractivity contribution in [3.8, 4) is 5.88 Å². The number of benzene rings is 1. The van der Waals surface area contributed by atoms with Crippen LogP contribution in [0, 0.1) is 5.92 Å². The smallest absolute Gasteiger partial charge is 0.417 e. The van der Waals surface area contributed by atoms with Gasteiger partial charge >= 0.3 is 18.2 Å². The molecule has 0 bridgehead atoms. The number of hydrogen-bond donors (Lipinski definition) is 0. The van der Waals surface area contributed by atoms with E-state index in [0.29, 0.717) is 11.8 Å². The third kappa shape index (κ3) is 7.35. The van der Waals surface area contributed by atoms with Crippen molar-refractivity contribution < 1.29 is 46.4 Å². The summed E-state index contributed by atoms with van der Waals surface area (Å²) in [5, 5.41) is 0. The SMILES string of the molecule is C=CCOC(=O)N1[C@H](C(=O)OCC)[C@@H](C(C)(C)OC)[C@H](OCc2cc(C(F)(F)F)cnc2OC)[C@@H]1c1ccccc1C(C)C. The fraction of sp³-hybridized carbons (Fsp3) is 0.531. The first-order valence-corrected chi connectivity index (χ1v) is 14.3. The maximum absolute atomic E-state index is 13.8. The predicted molar refractivity (Wildman–Crippen MR) is 156 cm³/mol. The van der Waals surface area contributed by atoms with Crippen LogP contribution in [0.5, 0.6) is 5.88 Å². The Morgan fingerprint density at radius 3 is 2.39 bits per heavy atom. The quantitative estimate of drug-likeness (QED) is 0.196. The van der Waals surface area contributed by atoms with Crippen LogP contribution in [0.25, 0.3) is 0 Å². The van der Waals surface area contributed by atoms with Gasteiger partial charge in [0.1, 0.15) is 12.6 Å². The molecule has 0 radical (unpaired) electrons. The zero-order valence-corrected chi connectivity index (χ0v) is 26.1. The number of pyridine rings is 1. The first-order valence-electron chi connectivity index (χ1n) is 14.3. The van der Waals surface area contributed by atoms with Gasteiger partial charge in [-0.15, -0.1) is 0 Å². The molecule has 0 spiro atoms. The number of aromatic nitrogens is 1. The fourth-order valence-corrected chi connectivity index (χ4v) is 5.67. The van der Waals surface area contributed by atoms with Crippen LogP contribution < -0.4 is 4.74 Å². The van der Waals surface area contributed by atoms with Crippen molar-refractivity contribution in [1.82, 2.24) is 9.88 Å². The van der Waals surface area contributed by atoms with Gasteiger partial charge in [0.25, 0.3) is 0 Å². The lowest BCUT2D eigenvalue weighted by atomic mass is 9.79. The molecule has 0 N–H and O–H groups in total. The Kier molecular flexibility index (Phi) is 11.4. The number of nitrogens with zero attached hydrogens (tertiary/aromatic N) is 2. The van der Waals surface area contributed by atoms with Gasteiger partial charge in [0.15, 0.2) is 0 Å². The summed E-state index contributed by atoms with van der Waals surface area (Å²) in [6, 6.07) is 6.16. The number of ether oxygens (including phenoxy) is 5. The van der Waals surface area contributed by atoms with Gasteiger partial charge in [0, 0.05) is 24.8 Å². The highest BCUT2D eigenvalue weighted by Gasteiger charge is 2.61. The number of amides is 1. The lowest BCUT2D eigenvalue weighted by Crippen LogP contribution is -2.51. The molecule has 1 aromatic carbocycles. The Labute approximate surface area is 256 Å². The molecule has 1 saturated heterocycles. The van der Waals surface area contributed by atoms with Crippen LogP contribution in [-0.4, -0.2) is 67.1 Å². The highest BCUT2D eigenvalue weighted by molar-refractivity contribution is 5.83. The van der Waals surface area contributed by atoms with E-state index in [0.717, 1.165) is 11.6 Å². The maximum atomic E-state index is 13.8. The summed E-state index contributed by atoms with van der Waals surface area (Å²) in [6.45, 7) is 12.3. The van der Waals surface area contributed by atoms with Crippen molar-refractivity contribution in [1.29, 1.82) is 0 Å². The molecule has 4 atom stereocenters. The Balaban J connectivity index is 2.29. The van der Waals surface area contributed by atoms with Gasteiger partial charge in [-0.3, -0.25) is 4.90 Å². The van der Waals surface area contributed by atoms with E-state index in [9.17, 15) is 22.8 Å². The molecule has 3 rings (SSSR count). The van der Waals surface area contributed by atoms with Crippen molar-refractivity contribution in [2.75, 3.05) is 27.4 Å². The molecule has 1 aliphatic heterocycles. The summed E-state index contributed by atoms with van der Waals surface area (Å²) in [6.07, 6.45) is -4.36. The normalized spacial score (nSPS) is 20.5. The molecular formula is C32H41F3N2O7. The summed E-state index contributed by atoms with van der Waals surface area (Å²) < 4.78 is 69.4. The van der Waals surface area contributed by atoms with E-state index in [1.807, 2.05) is 32.0 Å². The number of halogens is 3. The Bertz CT molecular complexity index is 1310.